The summed E-state index contributed by atoms with van der Waals surface area (Å²) in [5, 5.41) is 9.50. The predicted octanol–water partition coefficient (Wildman–Crippen LogP) is 3.58. The van der Waals surface area contributed by atoms with E-state index in [1.54, 1.807) is 0 Å². The summed E-state index contributed by atoms with van der Waals surface area (Å²) in [5.41, 5.74) is 1.52. The minimum Gasteiger partial charge on any atom is -0.481 e. The van der Waals surface area contributed by atoms with Crippen molar-refractivity contribution in [3.05, 3.63) is 23.8 Å². The third kappa shape index (κ3) is 2.70. The highest BCUT2D eigenvalue weighted by atomic mass is 16.5. The van der Waals surface area contributed by atoms with Crippen LogP contribution in [0.4, 0.5) is 0 Å². The number of ether oxygens (including phenoxy) is 1. The van der Waals surface area contributed by atoms with Gasteiger partial charge in [-0.1, -0.05) is 23.8 Å². The maximum Gasteiger partial charge on any atom is 0.310 e. The predicted molar refractivity (Wildman–Crippen MR) is 89.1 cm³/mol. The van der Waals surface area contributed by atoms with Crippen molar-refractivity contribution in [2.24, 2.45) is 35.5 Å². The lowest BCUT2D eigenvalue weighted by molar-refractivity contribution is -0.163. The van der Waals surface area contributed by atoms with E-state index in [4.69, 9.17) is 4.74 Å². The molecule has 4 aliphatic rings. The maximum absolute atomic E-state index is 12.7. The van der Waals surface area contributed by atoms with Crippen LogP contribution in [-0.2, 0) is 14.3 Å². The highest BCUT2D eigenvalue weighted by Crippen LogP contribution is 2.49. The lowest BCUT2D eigenvalue weighted by atomic mass is 9.73. The van der Waals surface area contributed by atoms with Gasteiger partial charge in [0.05, 0.1) is 11.8 Å². The number of aliphatic carboxylic acids is 1. The van der Waals surface area contributed by atoms with E-state index in [1.807, 2.05) is 19.1 Å². The Kier molecular flexibility index (Phi) is 4.01. The lowest BCUT2D eigenvalue weighted by Crippen LogP contribution is -2.37. The Bertz CT molecular complexity index is 605. The van der Waals surface area contributed by atoms with Gasteiger partial charge < -0.3 is 9.84 Å². The number of carboxylic acid groups (broad SMARTS) is 1. The summed E-state index contributed by atoms with van der Waals surface area (Å²) >= 11 is 0. The monoisotopic (exact) mass is 330 g/mol. The highest BCUT2D eigenvalue weighted by Gasteiger charge is 2.52. The Labute approximate surface area is 143 Å². The maximum atomic E-state index is 12.7. The van der Waals surface area contributed by atoms with Crippen LogP contribution in [-0.4, -0.2) is 23.1 Å². The van der Waals surface area contributed by atoms with E-state index in [-0.39, 0.29) is 23.9 Å². The van der Waals surface area contributed by atoms with Gasteiger partial charge in [-0.2, -0.15) is 0 Å². The molecule has 4 heteroatoms. The Hall–Kier alpha value is -1.58. The SMILES string of the molecule is CC(OC(=O)C1C2C=CC(C2)C1C(=O)O)C1C=C2CCCC(C2)C1. The number of hydrogen-bond acceptors (Lipinski definition) is 3. The summed E-state index contributed by atoms with van der Waals surface area (Å²) in [4.78, 5) is 24.3. The van der Waals surface area contributed by atoms with Crippen LogP contribution in [0.3, 0.4) is 0 Å². The van der Waals surface area contributed by atoms with Gasteiger partial charge in [-0.3, -0.25) is 9.59 Å². The van der Waals surface area contributed by atoms with Crippen molar-refractivity contribution in [2.75, 3.05) is 0 Å². The average Bonchev–Trinajstić information content (AvgIpc) is 3.15. The Morgan fingerprint density at radius 2 is 1.96 bits per heavy atom. The molecule has 4 bridgehead atoms. The van der Waals surface area contributed by atoms with Crippen molar-refractivity contribution >= 4 is 11.9 Å². The number of rotatable bonds is 4. The molecule has 0 amide bonds. The van der Waals surface area contributed by atoms with Gasteiger partial charge in [-0.15, -0.1) is 0 Å². The first kappa shape index (κ1) is 15.9. The molecule has 0 heterocycles. The Balaban J connectivity index is 1.44. The quantitative estimate of drug-likeness (QED) is 0.632. The zero-order valence-corrected chi connectivity index (χ0v) is 14.2. The van der Waals surface area contributed by atoms with Gasteiger partial charge in [0.25, 0.3) is 0 Å². The molecule has 0 aromatic heterocycles. The second-order valence-electron chi connectivity index (χ2n) is 8.17. The molecular formula is C20H26O4. The van der Waals surface area contributed by atoms with Crippen LogP contribution in [0, 0.1) is 35.5 Å². The first-order valence-electron chi connectivity index (χ1n) is 9.34. The summed E-state index contributed by atoms with van der Waals surface area (Å²) in [5.74, 6) is -1.21. The molecule has 0 spiro atoms. The van der Waals surface area contributed by atoms with Crippen LogP contribution in [0.15, 0.2) is 23.8 Å². The van der Waals surface area contributed by atoms with Gasteiger partial charge in [0.2, 0.25) is 0 Å². The van der Waals surface area contributed by atoms with Crippen LogP contribution >= 0.6 is 0 Å². The van der Waals surface area contributed by atoms with Gasteiger partial charge in [0.1, 0.15) is 6.10 Å². The number of fused-ring (bicyclic) bond motifs is 4. The van der Waals surface area contributed by atoms with Crippen LogP contribution < -0.4 is 0 Å². The topological polar surface area (TPSA) is 63.6 Å². The Morgan fingerprint density at radius 3 is 2.67 bits per heavy atom. The van der Waals surface area contributed by atoms with Crippen LogP contribution in [0.1, 0.15) is 45.4 Å². The van der Waals surface area contributed by atoms with Crippen LogP contribution in [0.2, 0.25) is 0 Å². The van der Waals surface area contributed by atoms with Crippen LogP contribution in [0.25, 0.3) is 0 Å². The fourth-order valence-corrected chi connectivity index (χ4v) is 5.46. The van der Waals surface area contributed by atoms with E-state index >= 15 is 0 Å². The number of carboxylic acids is 1. The summed E-state index contributed by atoms with van der Waals surface area (Å²) < 4.78 is 5.79. The molecule has 7 unspecified atom stereocenters. The van der Waals surface area contributed by atoms with Crippen molar-refractivity contribution in [1.29, 1.82) is 0 Å². The number of esters is 1. The van der Waals surface area contributed by atoms with Gasteiger partial charge in [0, 0.05) is 5.92 Å². The molecule has 0 aromatic rings. The molecule has 0 saturated heterocycles. The molecule has 7 atom stereocenters. The van der Waals surface area contributed by atoms with E-state index in [2.05, 4.69) is 6.08 Å². The van der Waals surface area contributed by atoms with Crippen molar-refractivity contribution in [2.45, 2.75) is 51.6 Å². The summed E-state index contributed by atoms with van der Waals surface area (Å²) in [7, 11) is 0. The van der Waals surface area contributed by atoms with Crippen LogP contribution in [0.5, 0.6) is 0 Å². The zero-order valence-electron chi connectivity index (χ0n) is 14.2. The standard InChI is InChI=1S/C20H26O4/c1-11(16-8-12-3-2-4-13(7-12)9-16)24-20(23)18-15-6-5-14(10-15)17(18)19(21)22/h5-6,8,11,13-18H,2-4,7,9-10H2,1H3,(H,21,22). The van der Waals surface area contributed by atoms with Gasteiger partial charge in [-0.25, -0.2) is 0 Å². The van der Waals surface area contributed by atoms with Crippen molar-refractivity contribution < 1.29 is 19.4 Å². The molecule has 0 aromatic carbocycles. The van der Waals surface area contributed by atoms with Gasteiger partial charge in [0.15, 0.2) is 0 Å². The average molecular weight is 330 g/mol. The van der Waals surface area contributed by atoms with Crippen molar-refractivity contribution in [3.8, 4) is 0 Å². The molecule has 0 radical (unpaired) electrons. The number of carbonyl (C=O) groups is 2. The second kappa shape index (κ2) is 6.05. The number of hydrogen-bond donors (Lipinski definition) is 1. The third-order valence-electron chi connectivity index (χ3n) is 6.64. The molecular weight excluding hydrogens is 304 g/mol. The van der Waals surface area contributed by atoms with Gasteiger partial charge >= 0.3 is 11.9 Å². The smallest absolute Gasteiger partial charge is 0.310 e. The molecule has 4 aliphatic carbocycles. The molecule has 1 N–H and O–H groups in total. The van der Waals surface area contributed by atoms with E-state index in [1.165, 1.54) is 31.3 Å². The zero-order chi connectivity index (χ0) is 16.8. The van der Waals surface area contributed by atoms with Crippen molar-refractivity contribution in [3.63, 3.8) is 0 Å². The molecule has 4 nitrogen and oxygen atoms in total. The third-order valence-corrected chi connectivity index (χ3v) is 6.64. The lowest BCUT2D eigenvalue weighted by Gasteiger charge is -2.35. The first-order chi connectivity index (χ1) is 11.5. The fourth-order valence-electron chi connectivity index (χ4n) is 5.46. The first-order valence-corrected chi connectivity index (χ1v) is 9.34. The fraction of sp³-hybridized carbons (Fsp3) is 0.700. The molecule has 24 heavy (non-hydrogen) atoms. The summed E-state index contributed by atoms with van der Waals surface area (Å²) in [6.45, 7) is 1.97. The van der Waals surface area contributed by atoms with E-state index in [0.29, 0.717) is 5.92 Å². The van der Waals surface area contributed by atoms with E-state index in [0.717, 1.165) is 18.8 Å². The largest absolute Gasteiger partial charge is 0.481 e. The molecule has 4 rings (SSSR count). The molecule has 2 fully saturated rings. The van der Waals surface area contributed by atoms with Crippen molar-refractivity contribution in [1.82, 2.24) is 0 Å². The summed E-state index contributed by atoms with van der Waals surface area (Å²) in [6, 6.07) is 0. The molecule has 0 aliphatic heterocycles. The number of allylic oxidation sites excluding steroid dienone is 3. The number of carbonyl (C=O) groups excluding carboxylic acids is 1. The van der Waals surface area contributed by atoms with E-state index < -0.39 is 17.8 Å². The summed E-state index contributed by atoms with van der Waals surface area (Å²) in [6.07, 6.45) is 13.0. The Morgan fingerprint density at radius 1 is 1.21 bits per heavy atom. The minimum absolute atomic E-state index is 0.00323. The highest BCUT2D eigenvalue weighted by molar-refractivity contribution is 5.83. The molecule has 2 saturated carbocycles. The minimum atomic E-state index is -0.865. The van der Waals surface area contributed by atoms with E-state index in [9.17, 15) is 14.7 Å². The normalized spacial score (nSPS) is 41.0. The van der Waals surface area contributed by atoms with Gasteiger partial charge in [-0.05, 0) is 63.2 Å². The molecule has 130 valence electrons. The second-order valence-corrected chi connectivity index (χ2v) is 8.17.